The maximum atomic E-state index is 13.0. The molecule has 138 valence electrons. The van der Waals surface area contributed by atoms with Gasteiger partial charge in [0, 0.05) is 12.1 Å². The average Bonchev–Trinajstić information content (AvgIpc) is 2.92. The highest BCUT2D eigenvalue weighted by Gasteiger charge is 2.38. The Morgan fingerprint density at radius 1 is 1.24 bits per heavy atom. The Morgan fingerprint density at radius 3 is 2.60 bits per heavy atom. The first-order chi connectivity index (χ1) is 11.6. The molecule has 3 rings (SSSR count). The standard InChI is InChI=1S/C14H18F3N5O2S/c1-8-9(2)12-19-20-13(14(15,16)17)22(12)21-11(8)18-6-10-4-3-5-25(23,24)7-10/h10H,3-7H2,1-2H3,(H,18,21). The van der Waals surface area contributed by atoms with Crippen molar-refractivity contribution in [3.05, 3.63) is 17.0 Å². The first kappa shape index (κ1) is 17.9. The summed E-state index contributed by atoms with van der Waals surface area (Å²) < 4.78 is 63.2. The van der Waals surface area contributed by atoms with Gasteiger partial charge in [0.05, 0.1) is 11.5 Å². The Labute approximate surface area is 142 Å². The molecule has 11 heteroatoms. The van der Waals surface area contributed by atoms with Crippen LogP contribution in [-0.2, 0) is 16.0 Å². The number of anilines is 1. The lowest BCUT2D eigenvalue weighted by atomic mass is 10.1. The maximum Gasteiger partial charge on any atom is 0.453 e. The Balaban J connectivity index is 1.90. The molecule has 1 aliphatic heterocycles. The van der Waals surface area contributed by atoms with Crippen molar-refractivity contribution >= 4 is 21.3 Å². The molecule has 0 saturated carbocycles. The average molecular weight is 377 g/mol. The van der Waals surface area contributed by atoms with Gasteiger partial charge in [-0.25, -0.2) is 8.42 Å². The van der Waals surface area contributed by atoms with E-state index in [1.807, 2.05) is 0 Å². The summed E-state index contributed by atoms with van der Waals surface area (Å²) in [6.45, 7) is 3.71. The second-order valence-corrected chi connectivity index (χ2v) is 8.59. The largest absolute Gasteiger partial charge is 0.453 e. The van der Waals surface area contributed by atoms with Crippen LogP contribution in [0.2, 0.25) is 0 Å². The van der Waals surface area contributed by atoms with Gasteiger partial charge < -0.3 is 5.32 Å². The highest BCUT2D eigenvalue weighted by atomic mass is 32.2. The lowest BCUT2D eigenvalue weighted by molar-refractivity contribution is -0.146. The smallest absolute Gasteiger partial charge is 0.368 e. The third kappa shape index (κ3) is 3.55. The van der Waals surface area contributed by atoms with Gasteiger partial charge in [0.25, 0.3) is 5.82 Å². The van der Waals surface area contributed by atoms with E-state index in [-0.39, 0.29) is 28.9 Å². The predicted octanol–water partition coefficient (Wildman–Crippen LogP) is 2.00. The van der Waals surface area contributed by atoms with Crippen LogP contribution in [-0.4, -0.2) is 46.3 Å². The van der Waals surface area contributed by atoms with Crippen molar-refractivity contribution in [2.24, 2.45) is 5.92 Å². The second-order valence-electron chi connectivity index (χ2n) is 6.36. The Hall–Kier alpha value is -1.91. The molecule has 0 amide bonds. The van der Waals surface area contributed by atoms with Crippen molar-refractivity contribution in [2.45, 2.75) is 32.9 Å². The lowest BCUT2D eigenvalue weighted by Gasteiger charge is -2.23. The van der Waals surface area contributed by atoms with E-state index in [1.54, 1.807) is 13.8 Å². The number of nitrogens with zero attached hydrogens (tertiary/aromatic N) is 4. The molecule has 1 N–H and O–H groups in total. The third-order valence-corrected chi connectivity index (χ3v) is 6.35. The van der Waals surface area contributed by atoms with Crippen LogP contribution in [0.25, 0.3) is 5.65 Å². The Morgan fingerprint density at radius 2 is 1.96 bits per heavy atom. The fraction of sp³-hybridized carbons (Fsp3) is 0.643. The summed E-state index contributed by atoms with van der Waals surface area (Å²) in [5.74, 6) is -0.714. The number of fused-ring (bicyclic) bond motifs is 1. The molecule has 0 bridgehead atoms. The first-order valence-corrected chi connectivity index (χ1v) is 9.65. The van der Waals surface area contributed by atoms with Gasteiger partial charge in [0.15, 0.2) is 15.5 Å². The van der Waals surface area contributed by atoms with E-state index in [1.165, 1.54) is 0 Å². The summed E-state index contributed by atoms with van der Waals surface area (Å²) in [5, 5.41) is 13.8. The van der Waals surface area contributed by atoms with Gasteiger partial charge in [-0.3, -0.25) is 0 Å². The molecule has 2 aromatic rings. The number of sulfone groups is 1. The van der Waals surface area contributed by atoms with Crippen LogP contribution in [0.4, 0.5) is 19.0 Å². The summed E-state index contributed by atoms with van der Waals surface area (Å²) in [7, 11) is -3.04. The number of aromatic nitrogens is 4. The van der Waals surface area contributed by atoms with E-state index < -0.39 is 21.8 Å². The van der Waals surface area contributed by atoms with E-state index in [4.69, 9.17) is 0 Å². The molecule has 7 nitrogen and oxygen atoms in total. The van der Waals surface area contributed by atoms with Gasteiger partial charge in [-0.05, 0) is 38.2 Å². The molecule has 1 fully saturated rings. The van der Waals surface area contributed by atoms with Gasteiger partial charge in [0.2, 0.25) is 0 Å². The molecule has 0 spiro atoms. The zero-order chi connectivity index (χ0) is 18.4. The highest BCUT2D eigenvalue weighted by Crippen LogP contribution is 2.30. The van der Waals surface area contributed by atoms with Gasteiger partial charge in [-0.1, -0.05) is 0 Å². The quantitative estimate of drug-likeness (QED) is 0.880. The number of nitrogens with one attached hydrogen (secondary N) is 1. The summed E-state index contributed by atoms with van der Waals surface area (Å²) in [6, 6.07) is 0. The van der Waals surface area contributed by atoms with E-state index in [0.717, 1.165) is 6.42 Å². The predicted molar refractivity (Wildman–Crippen MR) is 85.1 cm³/mol. The van der Waals surface area contributed by atoms with E-state index in [9.17, 15) is 21.6 Å². The first-order valence-electron chi connectivity index (χ1n) is 7.82. The molecule has 0 aliphatic carbocycles. The number of rotatable bonds is 3. The van der Waals surface area contributed by atoms with Crippen LogP contribution < -0.4 is 5.32 Å². The number of alkyl halides is 3. The molecule has 2 aromatic heterocycles. The number of hydrogen-bond acceptors (Lipinski definition) is 6. The number of hydrogen-bond donors (Lipinski definition) is 1. The van der Waals surface area contributed by atoms with Crippen molar-refractivity contribution in [3.8, 4) is 0 Å². The fourth-order valence-electron chi connectivity index (χ4n) is 2.99. The summed E-state index contributed by atoms with van der Waals surface area (Å²) in [5.41, 5.74) is 1.25. The van der Waals surface area contributed by atoms with Crippen LogP contribution in [0.1, 0.15) is 29.8 Å². The molecule has 0 radical (unpaired) electrons. The van der Waals surface area contributed by atoms with Crippen molar-refractivity contribution in [3.63, 3.8) is 0 Å². The van der Waals surface area contributed by atoms with E-state index in [2.05, 4.69) is 20.6 Å². The van der Waals surface area contributed by atoms with Crippen LogP contribution in [0.15, 0.2) is 0 Å². The molecule has 3 heterocycles. The third-order valence-electron chi connectivity index (χ3n) is 4.46. The topological polar surface area (TPSA) is 89.2 Å². The summed E-state index contributed by atoms with van der Waals surface area (Å²) in [4.78, 5) is 0. The van der Waals surface area contributed by atoms with Gasteiger partial charge in [-0.15, -0.1) is 15.3 Å². The van der Waals surface area contributed by atoms with Crippen LogP contribution >= 0.6 is 0 Å². The van der Waals surface area contributed by atoms with Crippen LogP contribution in [0.3, 0.4) is 0 Å². The molecule has 0 aromatic carbocycles. The van der Waals surface area contributed by atoms with Crippen molar-refractivity contribution in [1.29, 1.82) is 0 Å². The van der Waals surface area contributed by atoms with Gasteiger partial charge in [0.1, 0.15) is 5.82 Å². The molecular formula is C14H18F3N5O2S. The molecule has 1 atom stereocenters. The van der Waals surface area contributed by atoms with Gasteiger partial charge >= 0.3 is 6.18 Å². The fourth-order valence-corrected chi connectivity index (χ4v) is 4.77. The zero-order valence-corrected chi connectivity index (χ0v) is 14.6. The minimum absolute atomic E-state index is 0.0515. The molecule has 1 unspecified atom stereocenters. The summed E-state index contributed by atoms with van der Waals surface area (Å²) >= 11 is 0. The van der Waals surface area contributed by atoms with Crippen LogP contribution in [0, 0.1) is 19.8 Å². The zero-order valence-electron chi connectivity index (χ0n) is 13.8. The Kier molecular flexibility index (Phi) is 4.38. The summed E-state index contributed by atoms with van der Waals surface area (Å²) in [6.07, 6.45) is -3.31. The van der Waals surface area contributed by atoms with Gasteiger partial charge in [-0.2, -0.15) is 17.7 Å². The van der Waals surface area contributed by atoms with E-state index in [0.29, 0.717) is 28.6 Å². The second kappa shape index (κ2) is 6.11. The van der Waals surface area contributed by atoms with Crippen molar-refractivity contribution < 1.29 is 21.6 Å². The van der Waals surface area contributed by atoms with Crippen molar-refractivity contribution in [2.75, 3.05) is 23.4 Å². The SMILES string of the molecule is Cc1c(NCC2CCCS(=O)(=O)C2)nn2c(C(F)(F)F)nnc2c1C. The molecule has 1 aliphatic rings. The maximum absolute atomic E-state index is 13.0. The lowest BCUT2D eigenvalue weighted by Crippen LogP contribution is -2.30. The minimum atomic E-state index is -4.66. The Bertz CT molecular complexity index is 907. The normalized spacial score (nSPS) is 20.8. The number of aryl methyl sites for hydroxylation is 1. The highest BCUT2D eigenvalue weighted by molar-refractivity contribution is 7.91. The molecule has 1 saturated heterocycles. The van der Waals surface area contributed by atoms with E-state index >= 15 is 0 Å². The molecule has 25 heavy (non-hydrogen) atoms. The number of halogens is 3. The van der Waals surface area contributed by atoms with Crippen molar-refractivity contribution in [1.82, 2.24) is 19.8 Å². The minimum Gasteiger partial charge on any atom is -0.368 e. The monoisotopic (exact) mass is 377 g/mol. The molecular weight excluding hydrogens is 359 g/mol. The van der Waals surface area contributed by atoms with Crippen LogP contribution in [0.5, 0.6) is 0 Å².